The van der Waals surface area contributed by atoms with Crippen LogP contribution >= 0.6 is 0 Å². The molecule has 0 amide bonds. The summed E-state index contributed by atoms with van der Waals surface area (Å²) in [4.78, 5) is 2.30. The lowest BCUT2D eigenvalue weighted by atomic mass is 10.1. The third-order valence-corrected chi connectivity index (χ3v) is 3.81. The molecule has 0 aromatic heterocycles. The van der Waals surface area contributed by atoms with Crippen LogP contribution in [0.2, 0.25) is 0 Å². The zero-order valence-electron chi connectivity index (χ0n) is 13.3. The van der Waals surface area contributed by atoms with E-state index in [2.05, 4.69) is 50.1 Å². The Morgan fingerprint density at radius 1 is 1.00 bits per heavy atom. The molecule has 0 radical (unpaired) electrons. The predicted molar refractivity (Wildman–Crippen MR) is 89.9 cm³/mol. The summed E-state index contributed by atoms with van der Waals surface area (Å²) in [5, 5.41) is 0. The van der Waals surface area contributed by atoms with Gasteiger partial charge in [0.2, 0.25) is 0 Å². The molecule has 2 rings (SSSR count). The first kappa shape index (κ1) is 15.4. The summed E-state index contributed by atoms with van der Waals surface area (Å²) < 4.78 is 5.81. The Hall–Kier alpha value is -1.96. The van der Waals surface area contributed by atoms with Crippen LogP contribution in [-0.2, 0) is 6.61 Å². The Balaban J connectivity index is 1.89. The van der Waals surface area contributed by atoms with Gasteiger partial charge in [0.05, 0.1) is 0 Å². The molecule has 0 saturated carbocycles. The lowest BCUT2D eigenvalue weighted by Crippen LogP contribution is -2.23. The summed E-state index contributed by atoms with van der Waals surface area (Å²) in [6.45, 7) is 6.22. The van der Waals surface area contributed by atoms with E-state index in [0.29, 0.717) is 12.5 Å². The van der Waals surface area contributed by atoms with Crippen molar-refractivity contribution in [2.45, 2.75) is 26.9 Å². The van der Waals surface area contributed by atoms with Gasteiger partial charge in [0.25, 0.3) is 0 Å². The van der Waals surface area contributed by atoms with Crippen LogP contribution in [0.4, 0.5) is 5.69 Å². The molecule has 2 aromatic carbocycles. The Kier molecular flexibility index (Phi) is 5.68. The van der Waals surface area contributed by atoms with Gasteiger partial charge in [-0.05, 0) is 35.7 Å². The van der Waals surface area contributed by atoms with Gasteiger partial charge >= 0.3 is 0 Å². The maximum atomic E-state index is 5.81. The van der Waals surface area contributed by atoms with Crippen LogP contribution in [0.3, 0.4) is 0 Å². The topological polar surface area (TPSA) is 12.5 Å². The first-order valence-electron chi connectivity index (χ1n) is 7.67. The summed E-state index contributed by atoms with van der Waals surface area (Å²) in [5.41, 5.74) is 2.43. The highest BCUT2D eigenvalue weighted by Crippen LogP contribution is 2.20. The Labute approximate surface area is 128 Å². The number of benzene rings is 2. The second-order valence-corrected chi connectivity index (χ2v) is 5.66. The van der Waals surface area contributed by atoms with E-state index in [4.69, 9.17) is 4.74 Å². The number of rotatable bonds is 7. The average molecular weight is 283 g/mol. The van der Waals surface area contributed by atoms with E-state index in [1.807, 2.05) is 30.3 Å². The number of nitrogens with zero attached hydrogens (tertiary/aromatic N) is 1. The van der Waals surface area contributed by atoms with Crippen LogP contribution in [0.1, 0.15) is 25.8 Å². The molecule has 0 fully saturated rings. The number of hydrogen-bond acceptors (Lipinski definition) is 2. The summed E-state index contributed by atoms with van der Waals surface area (Å²) >= 11 is 0. The maximum Gasteiger partial charge on any atom is 0.119 e. The van der Waals surface area contributed by atoms with Crippen LogP contribution in [0.15, 0.2) is 54.6 Å². The summed E-state index contributed by atoms with van der Waals surface area (Å²) in [5.74, 6) is 1.63. The van der Waals surface area contributed by atoms with Crippen LogP contribution < -0.4 is 9.64 Å². The molecule has 112 valence electrons. The van der Waals surface area contributed by atoms with E-state index in [1.54, 1.807) is 0 Å². The molecule has 0 saturated heterocycles. The van der Waals surface area contributed by atoms with Crippen molar-refractivity contribution in [3.8, 4) is 5.75 Å². The second kappa shape index (κ2) is 7.72. The molecule has 2 heteroatoms. The van der Waals surface area contributed by atoms with Gasteiger partial charge in [0, 0.05) is 19.3 Å². The van der Waals surface area contributed by atoms with Gasteiger partial charge in [-0.25, -0.2) is 0 Å². The molecule has 0 aliphatic rings. The quantitative estimate of drug-likeness (QED) is 0.727. The first-order valence-corrected chi connectivity index (χ1v) is 7.67. The minimum atomic E-state index is 0.614. The fourth-order valence-electron chi connectivity index (χ4n) is 2.24. The van der Waals surface area contributed by atoms with E-state index in [1.165, 1.54) is 17.7 Å². The van der Waals surface area contributed by atoms with E-state index >= 15 is 0 Å². The van der Waals surface area contributed by atoms with Crippen molar-refractivity contribution in [3.63, 3.8) is 0 Å². The molecule has 2 aromatic rings. The minimum absolute atomic E-state index is 0.614. The minimum Gasteiger partial charge on any atom is -0.489 e. The fourth-order valence-corrected chi connectivity index (χ4v) is 2.24. The van der Waals surface area contributed by atoms with Crippen molar-refractivity contribution in [2.24, 2.45) is 5.92 Å². The van der Waals surface area contributed by atoms with Gasteiger partial charge in [-0.1, -0.05) is 50.6 Å². The molecular weight excluding hydrogens is 258 g/mol. The number of anilines is 1. The van der Waals surface area contributed by atoms with E-state index < -0.39 is 0 Å². The normalized spacial score (nSPS) is 12.0. The van der Waals surface area contributed by atoms with Gasteiger partial charge < -0.3 is 9.64 Å². The molecule has 21 heavy (non-hydrogen) atoms. The predicted octanol–water partition coefficient (Wildman–Crippen LogP) is 4.75. The molecule has 2 nitrogen and oxygen atoms in total. The van der Waals surface area contributed by atoms with E-state index in [-0.39, 0.29) is 0 Å². The summed E-state index contributed by atoms with van der Waals surface area (Å²) in [6.07, 6.45) is 1.21. The monoisotopic (exact) mass is 283 g/mol. The highest BCUT2D eigenvalue weighted by molar-refractivity contribution is 5.48. The van der Waals surface area contributed by atoms with Gasteiger partial charge in [-0.2, -0.15) is 0 Å². The lowest BCUT2D eigenvalue weighted by Gasteiger charge is -2.23. The third-order valence-electron chi connectivity index (χ3n) is 3.81. The largest absolute Gasteiger partial charge is 0.489 e. The molecular formula is C19H25NO. The highest BCUT2D eigenvalue weighted by atomic mass is 16.5. The summed E-state index contributed by atoms with van der Waals surface area (Å²) in [6, 6.07) is 18.6. The molecule has 0 aliphatic heterocycles. The summed E-state index contributed by atoms with van der Waals surface area (Å²) in [7, 11) is 2.14. The molecule has 0 spiro atoms. The van der Waals surface area contributed by atoms with Crippen molar-refractivity contribution in [2.75, 3.05) is 18.5 Å². The third kappa shape index (κ3) is 4.82. The van der Waals surface area contributed by atoms with E-state index in [0.717, 1.165) is 12.3 Å². The van der Waals surface area contributed by atoms with Gasteiger partial charge in [0.1, 0.15) is 12.4 Å². The standard InChI is InChI=1S/C19H25NO/c1-4-16(2)14-20(3)18-10-12-19(13-11-18)21-15-17-8-6-5-7-9-17/h5-13,16H,4,14-15H2,1-3H3. The Bertz CT molecular complexity index is 521. The van der Waals surface area contributed by atoms with Gasteiger partial charge in [-0.3, -0.25) is 0 Å². The molecule has 0 bridgehead atoms. The molecule has 0 aliphatic carbocycles. The lowest BCUT2D eigenvalue weighted by molar-refractivity contribution is 0.306. The van der Waals surface area contributed by atoms with Crippen LogP contribution in [-0.4, -0.2) is 13.6 Å². The van der Waals surface area contributed by atoms with Crippen LogP contribution in [0.5, 0.6) is 5.75 Å². The number of ether oxygens (including phenoxy) is 1. The Morgan fingerprint density at radius 3 is 2.29 bits per heavy atom. The van der Waals surface area contributed by atoms with Crippen LogP contribution in [0, 0.1) is 5.92 Å². The zero-order valence-corrected chi connectivity index (χ0v) is 13.3. The second-order valence-electron chi connectivity index (χ2n) is 5.66. The van der Waals surface area contributed by atoms with Crippen molar-refractivity contribution in [1.29, 1.82) is 0 Å². The van der Waals surface area contributed by atoms with Gasteiger partial charge in [-0.15, -0.1) is 0 Å². The van der Waals surface area contributed by atoms with Crippen molar-refractivity contribution >= 4 is 5.69 Å². The number of hydrogen-bond donors (Lipinski definition) is 0. The fraction of sp³-hybridized carbons (Fsp3) is 0.368. The first-order chi connectivity index (χ1) is 10.2. The molecule has 0 N–H and O–H groups in total. The SMILES string of the molecule is CCC(C)CN(C)c1ccc(OCc2ccccc2)cc1. The zero-order chi connectivity index (χ0) is 15.1. The maximum absolute atomic E-state index is 5.81. The Morgan fingerprint density at radius 2 is 1.67 bits per heavy atom. The average Bonchev–Trinajstić information content (AvgIpc) is 2.54. The molecule has 0 heterocycles. The molecule has 1 atom stereocenters. The molecule has 1 unspecified atom stereocenters. The van der Waals surface area contributed by atoms with Crippen molar-refractivity contribution < 1.29 is 4.74 Å². The van der Waals surface area contributed by atoms with Crippen molar-refractivity contribution in [1.82, 2.24) is 0 Å². The van der Waals surface area contributed by atoms with Gasteiger partial charge in [0.15, 0.2) is 0 Å². The highest BCUT2D eigenvalue weighted by Gasteiger charge is 2.05. The van der Waals surface area contributed by atoms with Crippen LogP contribution in [0.25, 0.3) is 0 Å². The van der Waals surface area contributed by atoms with Crippen molar-refractivity contribution in [3.05, 3.63) is 60.2 Å². The van der Waals surface area contributed by atoms with E-state index in [9.17, 15) is 0 Å². The smallest absolute Gasteiger partial charge is 0.119 e.